The molecule has 0 aliphatic carbocycles. The van der Waals surface area contributed by atoms with Crippen molar-refractivity contribution in [3.05, 3.63) is 12.7 Å². The summed E-state index contributed by atoms with van der Waals surface area (Å²) in [5, 5.41) is 10.1. The van der Waals surface area contributed by atoms with Crippen molar-refractivity contribution >= 4 is 43.3 Å². The minimum absolute atomic E-state index is 0. The summed E-state index contributed by atoms with van der Waals surface area (Å²) >= 11 is 4.31. The number of nitrogens with zero attached hydrogens (tertiary/aromatic N) is 4. The van der Waals surface area contributed by atoms with Crippen molar-refractivity contribution in [2.75, 3.05) is 12.3 Å². The average Bonchev–Trinajstić information content (AvgIpc) is 3.07. The summed E-state index contributed by atoms with van der Waals surface area (Å²) in [5.74, 6) is 0.177. The molecule has 3 N–H and O–H groups in total. The third-order valence-corrected chi connectivity index (χ3v) is 6.48. The van der Waals surface area contributed by atoms with Gasteiger partial charge in [0.1, 0.15) is 30.9 Å². The predicted molar refractivity (Wildman–Crippen MR) is 83.2 cm³/mol. The topological polar surface area (TPSA) is 204 Å². The van der Waals surface area contributed by atoms with Crippen LogP contribution >= 0.6 is 14.5 Å². The first-order chi connectivity index (χ1) is 12.1. The number of hydrogen-bond donors (Lipinski definition) is 2. The molecule has 13 nitrogen and oxygen atoms in total. The van der Waals surface area contributed by atoms with Crippen molar-refractivity contribution in [1.29, 1.82) is 0 Å². The molecule has 3 heterocycles. The Hall–Kier alpha value is 1.95. The zero-order chi connectivity index (χ0) is 19.1. The number of phosphoric acid groups is 1. The molecule has 1 saturated heterocycles. The molecule has 29 heavy (non-hydrogen) atoms. The minimum Gasteiger partial charge on any atom is -0.790 e. The van der Waals surface area contributed by atoms with E-state index < -0.39 is 39.6 Å². The second-order valence-electron chi connectivity index (χ2n) is 5.29. The number of rotatable bonds is 6. The van der Waals surface area contributed by atoms with Crippen molar-refractivity contribution in [3.63, 3.8) is 0 Å². The number of nitrogens with two attached hydrogens (primary N) is 1. The standard InChI is InChI=1S/C10H15N5O8P2S.3Na/c11-9-8-10(13-3-12-9)15(4-14-8)7-1-5(16)6(22-7)2-21-25(20,26)23-24(17,18)19;;;/h3-7,16H,1-2H2,(H,20,26)(H2,11,12,13)(H2,17,18,19);;;/q;3*+1/p-3/t5-,6+,7+,25?;;;/m1.../s1. The smallest absolute Gasteiger partial charge is 0.790 e. The molecule has 19 heteroatoms. The maximum Gasteiger partial charge on any atom is 1.00 e. The Labute approximate surface area is 236 Å². The molecule has 1 aliphatic heterocycles. The first-order valence-corrected chi connectivity index (χ1v) is 11.0. The van der Waals surface area contributed by atoms with E-state index in [0.29, 0.717) is 11.2 Å². The Morgan fingerprint density at radius 3 is 2.59 bits per heavy atom. The van der Waals surface area contributed by atoms with Gasteiger partial charge >= 0.3 is 88.7 Å². The molecular formula is C10H12N5Na3O8P2S. The molecule has 3 rings (SSSR count). The third kappa shape index (κ3) is 8.35. The van der Waals surface area contributed by atoms with E-state index in [0.717, 1.165) is 0 Å². The molecule has 144 valence electrons. The Balaban J connectivity index is 0.00000261. The fourth-order valence-corrected chi connectivity index (χ4v) is 4.84. The van der Waals surface area contributed by atoms with Crippen LogP contribution in [0.15, 0.2) is 12.7 Å². The SMILES string of the molecule is Nc1ncnc2c1ncn2[C@@H]1C[C@@H](O)[C@H](COP([O-])(=S)OP(=O)([O-])[O-])O1.[Na+].[Na+].[Na+]. The van der Waals surface area contributed by atoms with Gasteiger partial charge in [-0.3, -0.25) is 4.57 Å². The van der Waals surface area contributed by atoms with Gasteiger partial charge in [-0.1, -0.05) is 11.8 Å². The van der Waals surface area contributed by atoms with Gasteiger partial charge in [-0.25, -0.2) is 15.0 Å². The van der Waals surface area contributed by atoms with Gasteiger partial charge in [0.15, 0.2) is 11.5 Å². The molecule has 0 radical (unpaired) electrons. The number of aromatic nitrogens is 4. The van der Waals surface area contributed by atoms with Gasteiger partial charge < -0.3 is 43.7 Å². The summed E-state index contributed by atoms with van der Waals surface area (Å²) in [6, 6.07) is 0. The van der Waals surface area contributed by atoms with Gasteiger partial charge in [0.2, 0.25) is 0 Å². The molecule has 1 aliphatic rings. The Morgan fingerprint density at radius 1 is 1.31 bits per heavy atom. The quantitative estimate of drug-likeness (QED) is 0.284. The van der Waals surface area contributed by atoms with Crippen LogP contribution < -0.4 is 109 Å². The van der Waals surface area contributed by atoms with Crippen LogP contribution in [0.3, 0.4) is 0 Å². The number of hydrogen-bond acceptors (Lipinski definition) is 13. The summed E-state index contributed by atoms with van der Waals surface area (Å²) in [7, 11) is -5.58. The van der Waals surface area contributed by atoms with E-state index in [9.17, 15) is 24.4 Å². The van der Waals surface area contributed by atoms with E-state index in [-0.39, 0.29) is 101 Å². The van der Waals surface area contributed by atoms with Crippen LogP contribution in [0.4, 0.5) is 5.82 Å². The summed E-state index contributed by atoms with van der Waals surface area (Å²) in [4.78, 5) is 44.5. The summed E-state index contributed by atoms with van der Waals surface area (Å²) in [5.41, 5.74) is 6.44. The number of anilines is 1. The van der Waals surface area contributed by atoms with Crippen LogP contribution in [0.1, 0.15) is 12.6 Å². The molecule has 0 saturated carbocycles. The maximum atomic E-state index is 11.6. The second-order valence-corrected chi connectivity index (χ2v) is 9.33. The van der Waals surface area contributed by atoms with E-state index in [1.54, 1.807) is 0 Å². The molecule has 2 aromatic rings. The minimum atomic E-state index is -5.58. The van der Waals surface area contributed by atoms with Gasteiger partial charge in [-0.2, -0.15) is 0 Å². The number of fused-ring (bicyclic) bond motifs is 1. The molecule has 0 aromatic carbocycles. The van der Waals surface area contributed by atoms with E-state index in [1.807, 2.05) is 0 Å². The van der Waals surface area contributed by atoms with Crippen LogP contribution in [0.25, 0.3) is 11.2 Å². The van der Waals surface area contributed by atoms with E-state index in [2.05, 4.69) is 35.6 Å². The average molecular weight is 493 g/mol. The Morgan fingerprint density at radius 2 is 1.97 bits per heavy atom. The molecule has 0 amide bonds. The van der Waals surface area contributed by atoms with Crippen molar-refractivity contribution in [2.24, 2.45) is 0 Å². The van der Waals surface area contributed by atoms with Crippen molar-refractivity contribution < 1.29 is 127 Å². The summed E-state index contributed by atoms with van der Waals surface area (Å²) < 4.78 is 25.9. The van der Waals surface area contributed by atoms with Gasteiger partial charge in [0.25, 0.3) is 0 Å². The van der Waals surface area contributed by atoms with Gasteiger partial charge in [0.05, 0.1) is 26.9 Å². The fraction of sp³-hybridized carbons (Fsp3) is 0.500. The van der Waals surface area contributed by atoms with Crippen LogP contribution in [0.5, 0.6) is 0 Å². The number of nitrogen functional groups attached to an aromatic ring is 1. The van der Waals surface area contributed by atoms with Crippen LogP contribution in [0, 0.1) is 0 Å². The first-order valence-electron chi connectivity index (χ1n) is 7.01. The van der Waals surface area contributed by atoms with Gasteiger partial charge in [-0.05, 0) is 0 Å². The Bertz CT molecular complexity index is 919. The van der Waals surface area contributed by atoms with Crippen LogP contribution in [0.2, 0.25) is 0 Å². The Kier molecular flexibility index (Phi) is 13.3. The van der Waals surface area contributed by atoms with Crippen LogP contribution in [-0.4, -0.2) is 43.4 Å². The van der Waals surface area contributed by atoms with E-state index in [4.69, 9.17) is 10.5 Å². The zero-order valence-corrected chi connectivity index (χ0v) is 24.4. The number of aliphatic hydroxyl groups is 1. The molecule has 4 atom stereocenters. The van der Waals surface area contributed by atoms with Crippen molar-refractivity contribution in [2.45, 2.75) is 24.9 Å². The van der Waals surface area contributed by atoms with Crippen molar-refractivity contribution in [1.82, 2.24) is 19.5 Å². The third-order valence-electron chi connectivity index (χ3n) is 3.50. The number of aliphatic hydroxyl groups excluding tert-OH is 1. The predicted octanol–water partition coefficient (Wildman–Crippen LogP) is -11.5. The molecule has 2 aromatic heterocycles. The van der Waals surface area contributed by atoms with E-state index >= 15 is 0 Å². The van der Waals surface area contributed by atoms with Crippen molar-refractivity contribution in [3.8, 4) is 0 Å². The summed E-state index contributed by atoms with van der Waals surface area (Å²) in [6.07, 6.45) is -0.00651. The first kappa shape index (κ1) is 30.9. The fourth-order valence-electron chi connectivity index (χ4n) is 2.43. The molecule has 0 bridgehead atoms. The molecule has 1 fully saturated rings. The molecule has 1 unspecified atom stereocenters. The number of ether oxygens (including phenoxy) is 1. The molecular weight excluding hydrogens is 481 g/mol. The second kappa shape index (κ2) is 12.4. The largest absolute Gasteiger partial charge is 1.00 e. The number of imidazole rings is 1. The summed E-state index contributed by atoms with van der Waals surface area (Å²) in [6.45, 7) is -5.12. The molecule has 0 spiro atoms. The van der Waals surface area contributed by atoms with Gasteiger partial charge in [0, 0.05) is 6.42 Å². The van der Waals surface area contributed by atoms with Crippen LogP contribution in [-0.2, 0) is 29.9 Å². The normalized spacial score (nSPS) is 23.5. The zero-order valence-electron chi connectivity index (χ0n) is 15.8. The maximum absolute atomic E-state index is 11.6. The van der Waals surface area contributed by atoms with Gasteiger partial charge in [-0.15, -0.1) is 0 Å². The monoisotopic (exact) mass is 493 g/mol. The van der Waals surface area contributed by atoms with E-state index in [1.165, 1.54) is 17.2 Å².